The van der Waals surface area contributed by atoms with Gasteiger partial charge in [0.25, 0.3) is 0 Å². The fourth-order valence-electron chi connectivity index (χ4n) is 1.84. The third kappa shape index (κ3) is 6.85. The van der Waals surface area contributed by atoms with Crippen molar-refractivity contribution in [3.8, 4) is 5.75 Å². The SMILES string of the molecule is CN=C(NCc1ccn[nH]1)NCC(C)Oc1cccc(F)c1.I. The molecule has 1 aromatic carbocycles. The van der Waals surface area contributed by atoms with Gasteiger partial charge >= 0.3 is 0 Å². The predicted molar refractivity (Wildman–Crippen MR) is 98.7 cm³/mol. The standard InChI is InChI=1S/C15H20FN5O.HI/c1-11(22-14-5-3-4-12(16)8-14)9-18-15(17-2)19-10-13-6-7-20-21-13;/h3-8,11H,9-10H2,1-2H3,(H,20,21)(H2,17,18,19);1H. The van der Waals surface area contributed by atoms with Crippen LogP contribution in [-0.4, -0.2) is 35.9 Å². The number of nitrogens with one attached hydrogen (secondary N) is 3. The topological polar surface area (TPSA) is 74.3 Å². The average molecular weight is 433 g/mol. The van der Waals surface area contributed by atoms with Gasteiger partial charge in [0.15, 0.2) is 5.96 Å². The Labute approximate surface area is 151 Å². The summed E-state index contributed by atoms with van der Waals surface area (Å²) in [4.78, 5) is 4.13. The van der Waals surface area contributed by atoms with E-state index < -0.39 is 0 Å². The quantitative estimate of drug-likeness (QED) is 0.372. The van der Waals surface area contributed by atoms with Crippen molar-refractivity contribution in [3.05, 3.63) is 48.0 Å². The van der Waals surface area contributed by atoms with Crippen molar-refractivity contribution in [3.63, 3.8) is 0 Å². The molecule has 23 heavy (non-hydrogen) atoms. The van der Waals surface area contributed by atoms with Crippen molar-refractivity contribution in [2.75, 3.05) is 13.6 Å². The third-order valence-electron chi connectivity index (χ3n) is 2.92. The number of benzene rings is 1. The Morgan fingerprint density at radius 2 is 2.22 bits per heavy atom. The maximum Gasteiger partial charge on any atom is 0.191 e. The number of nitrogens with zero attached hydrogens (tertiary/aromatic N) is 2. The van der Waals surface area contributed by atoms with Gasteiger partial charge in [0.1, 0.15) is 17.7 Å². The van der Waals surface area contributed by atoms with Gasteiger partial charge in [0.2, 0.25) is 0 Å². The summed E-state index contributed by atoms with van der Waals surface area (Å²) in [5.41, 5.74) is 0.965. The average Bonchev–Trinajstić information content (AvgIpc) is 3.01. The number of aromatic nitrogens is 2. The van der Waals surface area contributed by atoms with Crippen LogP contribution in [0, 0.1) is 5.82 Å². The summed E-state index contributed by atoms with van der Waals surface area (Å²) in [6.45, 7) is 3.04. The molecular weight excluding hydrogens is 412 g/mol. The van der Waals surface area contributed by atoms with Crippen LogP contribution in [0.5, 0.6) is 5.75 Å². The van der Waals surface area contributed by atoms with Gasteiger partial charge in [-0.15, -0.1) is 24.0 Å². The smallest absolute Gasteiger partial charge is 0.191 e. The molecule has 1 unspecified atom stereocenters. The van der Waals surface area contributed by atoms with Gasteiger partial charge < -0.3 is 15.4 Å². The summed E-state index contributed by atoms with van der Waals surface area (Å²) in [6.07, 6.45) is 1.56. The molecule has 0 aliphatic rings. The second kappa shape index (κ2) is 10.0. The van der Waals surface area contributed by atoms with Crippen molar-refractivity contribution in [1.82, 2.24) is 20.8 Å². The zero-order valence-electron chi connectivity index (χ0n) is 13.0. The van der Waals surface area contributed by atoms with Crippen LogP contribution in [0.4, 0.5) is 4.39 Å². The van der Waals surface area contributed by atoms with E-state index in [9.17, 15) is 4.39 Å². The maximum absolute atomic E-state index is 13.1. The second-order valence-electron chi connectivity index (χ2n) is 4.77. The van der Waals surface area contributed by atoms with Crippen LogP contribution in [0.1, 0.15) is 12.6 Å². The number of aromatic amines is 1. The summed E-state index contributed by atoms with van der Waals surface area (Å²) in [6, 6.07) is 7.98. The fraction of sp³-hybridized carbons (Fsp3) is 0.333. The Balaban J connectivity index is 0.00000264. The van der Waals surface area contributed by atoms with Crippen molar-refractivity contribution in [2.24, 2.45) is 4.99 Å². The van der Waals surface area contributed by atoms with Crippen LogP contribution < -0.4 is 15.4 Å². The van der Waals surface area contributed by atoms with E-state index in [1.165, 1.54) is 12.1 Å². The lowest BCUT2D eigenvalue weighted by Gasteiger charge is -2.17. The van der Waals surface area contributed by atoms with Gasteiger partial charge in [-0.2, -0.15) is 5.10 Å². The van der Waals surface area contributed by atoms with Crippen LogP contribution in [-0.2, 0) is 6.54 Å². The van der Waals surface area contributed by atoms with E-state index in [-0.39, 0.29) is 35.9 Å². The van der Waals surface area contributed by atoms with Gasteiger partial charge in [0, 0.05) is 19.3 Å². The first-order valence-corrected chi connectivity index (χ1v) is 7.02. The number of ether oxygens (including phenoxy) is 1. The highest BCUT2D eigenvalue weighted by Gasteiger charge is 2.06. The number of H-pyrrole nitrogens is 1. The monoisotopic (exact) mass is 433 g/mol. The van der Waals surface area contributed by atoms with E-state index in [0.29, 0.717) is 24.8 Å². The zero-order valence-corrected chi connectivity index (χ0v) is 15.4. The first kappa shape index (κ1) is 19.2. The lowest BCUT2D eigenvalue weighted by Crippen LogP contribution is -2.41. The highest BCUT2D eigenvalue weighted by Crippen LogP contribution is 2.13. The summed E-state index contributed by atoms with van der Waals surface area (Å²) >= 11 is 0. The van der Waals surface area contributed by atoms with Crippen LogP contribution in [0.3, 0.4) is 0 Å². The molecule has 3 N–H and O–H groups in total. The van der Waals surface area contributed by atoms with E-state index in [2.05, 4.69) is 25.8 Å². The summed E-state index contributed by atoms with van der Waals surface area (Å²) in [5, 5.41) is 13.0. The fourth-order valence-corrected chi connectivity index (χ4v) is 1.84. The third-order valence-corrected chi connectivity index (χ3v) is 2.92. The molecule has 0 aliphatic carbocycles. The number of hydrogen-bond acceptors (Lipinski definition) is 3. The lowest BCUT2D eigenvalue weighted by atomic mass is 10.3. The molecule has 0 fully saturated rings. The molecule has 2 aromatic rings. The van der Waals surface area contributed by atoms with E-state index in [0.717, 1.165) is 5.69 Å². The molecule has 0 saturated heterocycles. The molecule has 0 bridgehead atoms. The summed E-state index contributed by atoms with van der Waals surface area (Å²) < 4.78 is 18.7. The van der Waals surface area contributed by atoms with Gasteiger partial charge in [-0.1, -0.05) is 6.07 Å². The molecule has 1 heterocycles. The minimum atomic E-state index is -0.310. The molecule has 1 atom stereocenters. The summed E-state index contributed by atoms with van der Waals surface area (Å²) in [5.74, 6) is 0.855. The normalized spacial score (nSPS) is 12.2. The number of rotatable bonds is 6. The van der Waals surface area contributed by atoms with Crippen LogP contribution in [0.2, 0.25) is 0 Å². The van der Waals surface area contributed by atoms with Gasteiger partial charge in [-0.05, 0) is 25.1 Å². The molecular formula is C15H21FIN5O. The Morgan fingerprint density at radius 3 is 2.87 bits per heavy atom. The van der Waals surface area contributed by atoms with Crippen molar-refractivity contribution in [1.29, 1.82) is 0 Å². The molecule has 8 heteroatoms. The molecule has 0 aliphatic heterocycles. The lowest BCUT2D eigenvalue weighted by molar-refractivity contribution is 0.223. The molecule has 0 saturated carbocycles. The van der Waals surface area contributed by atoms with Gasteiger partial charge in [0.05, 0.1) is 18.8 Å². The van der Waals surface area contributed by atoms with Crippen LogP contribution in [0.25, 0.3) is 0 Å². The zero-order chi connectivity index (χ0) is 15.8. The van der Waals surface area contributed by atoms with Crippen molar-refractivity contribution >= 4 is 29.9 Å². The minimum absolute atomic E-state index is 0. The Kier molecular flexibility index (Phi) is 8.38. The largest absolute Gasteiger partial charge is 0.489 e. The Bertz CT molecular complexity index is 606. The summed E-state index contributed by atoms with van der Waals surface area (Å²) in [7, 11) is 1.69. The van der Waals surface area contributed by atoms with E-state index >= 15 is 0 Å². The molecule has 0 spiro atoms. The second-order valence-corrected chi connectivity index (χ2v) is 4.77. The molecule has 1 aromatic heterocycles. The van der Waals surface area contributed by atoms with E-state index in [1.807, 2.05) is 13.0 Å². The van der Waals surface area contributed by atoms with Crippen LogP contribution >= 0.6 is 24.0 Å². The molecule has 2 rings (SSSR count). The first-order chi connectivity index (χ1) is 10.7. The Hall–Kier alpha value is -1.84. The first-order valence-electron chi connectivity index (χ1n) is 7.02. The number of aliphatic imine (C=N–C) groups is 1. The molecule has 6 nitrogen and oxygen atoms in total. The van der Waals surface area contributed by atoms with Gasteiger partial charge in [-0.3, -0.25) is 10.1 Å². The van der Waals surface area contributed by atoms with E-state index in [1.54, 1.807) is 25.4 Å². The van der Waals surface area contributed by atoms with E-state index in [4.69, 9.17) is 4.74 Å². The van der Waals surface area contributed by atoms with Gasteiger partial charge in [-0.25, -0.2) is 4.39 Å². The predicted octanol–water partition coefficient (Wildman–Crippen LogP) is 2.30. The van der Waals surface area contributed by atoms with Crippen molar-refractivity contribution < 1.29 is 9.13 Å². The minimum Gasteiger partial charge on any atom is -0.489 e. The molecule has 126 valence electrons. The molecule has 0 radical (unpaired) electrons. The molecule has 0 amide bonds. The number of guanidine groups is 1. The maximum atomic E-state index is 13.1. The number of halogens is 2. The number of hydrogen-bond donors (Lipinski definition) is 3. The van der Waals surface area contributed by atoms with Crippen molar-refractivity contribution in [2.45, 2.75) is 19.6 Å². The highest BCUT2D eigenvalue weighted by molar-refractivity contribution is 14.0. The highest BCUT2D eigenvalue weighted by atomic mass is 127. The Morgan fingerprint density at radius 1 is 1.39 bits per heavy atom. The van der Waals surface area contributed by atoms with Crippen LogP contribution in [0.15, 0.2) is 41.5 Å².